The zero-order valence-corrected chi connectivity index (χ0v) is 10.8. The van der Waals surface area contributed by atoms with E-state index in [2.05, 4.69) is 31.2 Å². The smallest absolute Gasteiger partial charge is 0.143 e. The van der Waals surface area contributed by atoms with E-state index in [4.69, 9.17) is 0 Å². The van der Waals surface area contributed by atoms with Gasteiger partial charge in [0.2, 0.25) is 0 Å². The largest absolute Gasteiger partial charge is 0.369 e. The Bertz CT molecular complexity index is 362. The Morgan fingerprint density at radius 1 is 1.31 bits per heavy atom. The molecule has 2 aliphatic carbocycles. The van der Waals surface area contributed by atoms with Crippen molar-refractivity contribution in [3.8, 4) is 0 Å². The van der Waals surface area contributed by atoms with Gasteiger partial charge in [-0.1, -0.05) is 0 Å². The molecule has 1 aromatic rings. The van der Waals surface area contributed by atoms with Crippen LogP contribution in [0.2, 0.25) is 0 Å². The average molecular weight is 282 g/mol. The van der Waals surface area contributed by atoms with E-state index in [1.54, 1.807) is 12.5 Å². The topological polar surface area (TPSA) is 37.8 Å². The summed E-state index contributed by atoms with van der Waals surface area (Å²) in [7, 11) is 0. The summed E-state index contributed by atoms with van der Waals surface area (Å²) >= 11 is 3.46. The van der Waals surface area contributed by atoms with Crippen LogP contribution in [0.4, 0.5) is 5.82 Å². The van der Waals surface area contributed by atoms with E-state index in [9.17, 15) is 0 Å². The summed E-state index contributed by atoms with van der Waals surface area (Å²) in [4.78, 5) is 8.21. The summed E-state index contributed by atoms with van der Waals surface area (Å²) in [5, 5.41) is 3.46. The van der Waals surface area contributed by atoms with Gasteiger partial charge in [0.05, 0.1) is 4.47 Å². The Morgan fingerprint density at radius 3 is 2.56 bits per heavy atom. The lowest BCUT2D eigenvalue weighted by Gasteiger charge is -2.16. The van der Waals surface area contributed by atoms with Gasteiger partial charge in [-0.15, -0.1) is 0 Å². The standard InChI is InChI=1S/C12H16BrN3/c13-11-6-14-7-16-12(11)15-5-10(8-1-2-8)9-3-4-9/h6-10H,1-5H2,(H,14,15,16). The molecule has 0 atom stereocenters. The molecule has 0 saturated heterocycles. The second-order valence-corrected chi connectivity index (χ2v) is 5.79. The highest BCUT2D eigenvalue weighted by molar-refractivity contribution is 9.10. The third-order valence-electron chi connectivity index (χ3n) is 3.63. The molecular weight excluding hydrogens is 266 g/mol. The number of aromatic nitrogens is 2. The van der Waals surface area contributed by atoms with Gasteiger partial charge in [-0.3, -0.25) is 0 Å². The Kier molecular flexibility index (Phi) is 2.84. The lowest BCUT2D eigenvalue weighted by molar-refractivity contribution is 0.427. The van der Waals surface area contributed by atoms with Crippen LogP contribution >= 0.6 is 15.9 Å². The predicted octanol–water partition coefficient (Wildman–Crippen LogP) is 3.09. The van der Waals surface area contributed by atoms with Gasteiger partial charge < -0.3 is 5.32 Å². The number of hydrogen-bond donors (Lipinski definition) is 1. The van der Waals surface area contributed by atoms with Gasteiger partial charge in [-0.25, -0.2) is 9.97 Å². The van der Waals surface area contributed by atoms with E-state index in [1.807, 2.05) is 0 Å². The molecule has 0 radical (unpaired) electrons. The van der Waals surface area contributed by atoms with Gasteiger partial charge >= 0.3 is 0 Å². The third kappa shape index (κ3) is 2.37. The summed E-state index contributed by atoms with van der Waals surface area (Å²) in [6.45, 7) is 1.07. The molecule has 16 heavy (non-hydrogen) atoms. The molecular formula is C12H16BrN3. The van der Waals surface area contributed by atoms with Crippen LogP contribution in [0.25, 0.3) is 0 Å². The predicted molar refractivity (Wildman–Crippen MR) is 67.2 cm³/mol. The molecule has 0 bridgehead atoms. The monoisotopic (exact) mass is 281 g/mol. The second kappa shape index (κ2) is 4.32. The lowest BCUT2D eigenvalue weighted by atomic mass is 9.98. The number of anilines is 1. The summed E-state index contributed by atoms with van der Waals surface area (Å²) in [6, 6.07) is 0. The zero-order valence-electron chi connectivity index (χ0n) is 9.19. The van der Waals surface area contributed by atoms with Crippen molar-refractivity contribution in [2.45, 2.75) is 25.7 Å². The fraction of sp³-hybridized carbons (Fsp3) is 0.667. The van der Waals surface area contributed by atoms with Crippen LogP contribution in [0.15, 0.2) is 17.0 Å². The quantitative estimate of drug-likeness (QED) is 0.901. The minimum absolute atomic E-state index is 0.877. The average Bonchev–Trinajstić information content (AvgIpc) is 3.15. The first kappa shape index (κ1) is 10.5. The molecule has 0 amide bonds. The number of nitrogens with zero attached hydrogens (tertiary/aromatic N) is 2. The highest BCUT2D eigenvalue weighted by Gasteiger charge is 2.41. The molecule has 86 valence electrons. The summed E-state index contributed by atoms with van der Waals surface area (Å²) in [5.41, 5.74) is 0. The molecule has 1 heterocycles. The molecule has 4 heteroatoms. The maximum Gasteiger partial charge on any atom is 0.143 e. The number of rotatable bonds is 5. The van der Waals surface area contributed by atoms with Crippen LogP contribution in [0, 0.1) is 17.8 Å². The molecule has 2 saturated carbocycles. The van der Waals surface area contributed by atoms with Crippen LogP contribution in [-0.4, -0.2) is 16.5 Å². The van der Waals surface area contributed by atoms with Crippen LogP contribution in [0.1, 0.15) is 25.7 Å². The first-order valence-electron chi connectivity index (χ1n) is 6.04. The highest BCUT2D eigenvalue weighted by Crippen LogP contribution is 2.49. The van der Waals surface area contributed by atoms with Crippen LogP contribution in [0.3, 0.4) is 0 Å². The molecule has 3 nitrogen and oxygen atoms in total. The SMILES string of the molecule is Brc1cncnc1NCC(C1CC1)C1CC1. The molecule has 0 aromatic carbocycles. The van der Waals surface area contributed by atoms with E-state index in [1.165, 1.54) is 25.7 Å². The molecule has 0 spiro atoms. The van der Waals surface area contributed by atoms with E-state index in [0.29, 0.717) is 0 Å². The van der Waals surface area contributed by atoms with Crippen molar-refractivity contribution in [2.75, 3.05) is 11.9 Å². The Morgan fingerprint density at radius 2 is 2.00 bits per heavy atom. The van der Waals surface area contributed by atoms with Crippen molar-refractivity contribution in [1.29, 1.82) is 0 Å². The van der Waals surface area contributed by atoms with E-state index >= 15 is 0 Å². The highest BCUT2D eigenvalue weighted by atomic mass is 79.9. The van der Waals surface area contributed by atoms with Gasteiger partial charge in [0.25, 0.3) is 0 Å². The molecule has 2 fully saturated rings. The van der Waals surface area contributed by atoms with Crippen LogP contribution in [0.5, 0.6) is 0 Å². The van der Waals surface area contributed by atoms with Gasteiger partial charge in [0.1, 0.15) is 12.1 Å². The molecule has 2 aliphatic rings. The van der Waals surface area contributed by atoms with Crippen molar-refractivity contribution in [3.05, 3.63) is 17.0 Å². The van der Waals surface area contributed by atoms with E-state index in [0.717, 1.165) is 34.6 Å². The van der Waals surface area contributed by atoms with Gasteiger partial charge in [-0.05, 0) is 59.4 Å². The Balaban J connectivity index is 1.60. The zero-order chi connectivity index (χ0) is 11.0. The van der Waals surface area contributed by atoms with Crippen molar-refractivity contribution >= 4 is 21.7 Å². The number of hydrogen-bond acceptors (Lipinski definition) is 3. The fourth-order valence-corrected chi connectivity index (χ4v) is 2.79. The van der Waals surface area contributed by atoms with E-state index < -0.39 is 0 Å². The maximum absolute atomic E-state index is 4.24. The van der Waals surface area contributed by atoms with Crippen molar-refractivity contribution in [2.24, 2.45) is 17.8 Å². The normalized spacial score (nSPS) is 20.1. The van der Waals surface area contributed by atoms with Gasteiger partial charge in [0.15, 0.2) is 0 Å². The summed E-state index contributed by atoms with van der Waals surface area (Å²) in [6.07, 6.45) is 9.14. The lowest BCUT2D eigenvalue weighted by Crippen LogP contribution is -2.19. The first-order chi connectivity index (χ1) is 7.84. The minimum Gasteiger partial charge on any atom is -0.369 e. The van der Waals surface area contributed by atoms with Crippen LogP contribution < -0.4 is 5.32 Å². The van der Waals surface area contributed by atoms with Gasteiger partial charge in [-0.2, -0.15) is 0 Å². The third-order valence-corrected chi connectivity index (χ3v) is 4.21. The first-order valence-corrected chi connectivity index (χ1v) is 6.83. The Hall–Kier alpha value is -0.640. The maximum atomic E-state index is 4.24. The van der Waals surface area contributed by atoms with Gasteiger partial charge in [0, 0.05) is 12.7 Å². The van der Waals surface area contributed by atoms with Crippen LogP contribution in [-0.2, 0) is 0 Å². The number of halogens is 1. The molecule has 0 aliphatic heterocycles. The summed E-state index contributed by atoms with van der Waals surface area (Å²) in [5.74, 6) is 3.78. The molecule has 0 unspecified atom stereocenters. The second-order valence-electron chi connectivity index (χ2n) is 4.94. The molecule has 1 aromatic heterocycles. The summed E-state index contributed by atoms with van der Waals surface area (Å²) < 4.78 is 0.959. The Labute approximate surface area is 104 Å². The minimum atomic E-state index is 0.877. The van der Waals surface area contributed by atoms with Crippen molar-refractivity contribution in [1.82, 2.24) is 9.97 Å². The molecule has 3 rings (SSSR count). The fourth-order valence-electron chi connectivity index (χ4n) is 2.42. The number of nitrogens with one attached hydrogen (secondary N) is 1. The van der Waals surface area contributed by atoms with Crippen molar-refractivity contribution < 1.29 is 0 Å². The van der Waals surface area contributed by atoms with Crippen molar-refractivity contribution in [3.63, 3.8) is 0 Å². The molecule has 1 N–H and O–H groups in total. The van der Waals surface area contributed by atoms with E-state index in [-0.39, 0.29) is 0 Å².